The van der Waals surface area contributed by atoms with E-state index in [0.717, 1.165) is 5.56 Å². The number of ether oxygens (including phenoxy) is 2. The summed E-state index contributed by atoms with van der Waals surface area (Å²) in [6.45, 7) is 1.82. The SMILES string of the molecule is COC(=O)[C@@H](C)[C@H](Cc1ccccc1)OC. The Morgan fingerprint density at radius 1 is 1.25 bits per heavy atom. The molecule has 1 aromatic rings. The Kier molecular flexibility index (Phi) is 4.99. The van der Waals surface area contributed by atoms with Crippen LogP contribution in [0.2, 0.25) is 0 Å². The second kappa shape index (κ2) is 6.28. The first kappa shape index (κ1) is 12.7. The van der Waals surface area contributed by atoms with Crippen LogP contribution in [0, 0.1) is 5.92 Å². The van der Waals surface area contributed by atoms with Crippen LogP contribution in [0.1, 0.15) is 12.5 Å². The Morgan fingerprint density at radius 3 is 2.38 bits per heavy atom. The molecule has 0 unspecified atom stereocenters. The largest absolute Gasteiger partial charge is 0.469 e. The molecule has 16 heavy (non-hydrogen) atoms. The predicted molar refractivity (Wildman–Crippen MR) is 62.1 cm³/mol. The van der Waals surface area contributed by atoms with Crippen molar-refractivity contribution in [1.29, 1.82) is 0 Å². The molecule has 2 atom stereocenters. The summed E-state index contributed by atoms with van der Waals surface area (Å²) < 4.78 is 10.1. The number of benzene rings is 1. The zero-order chi connectivity index (χ0) is 12.0. The summed E-state index contributed by atoms with van der Waals surface area (Å²) in [5.41, 5.74) is 1.16. The Hall–Kier alpha value is -1.35. The first-order valence-electron chi connectivity index (χ1n) is 5.33. The van der Waals surface area contributed by atoms with E-state index < -0.39 is 0 Å². The molecule has 0 aliphatic carbocycles. The van der Waals surface area contributed by atoms with Crippen molar-refractivity contribution in [3.05, 3.63) is 35.9 Å². The van der Waals surface area contributed by atoms with E-state index in [9.17, 15) is 4.79 Å². The Labute approximate surface area is 96.4 Å². The van der Waals surface area contributed by atoms with Gasteiger partial charge in [0.1, 0.15) is 0 Å². The average molecular weight is 222 g/mol. The van der Waals surface area contributed by atoms with Gasteiger partial charge in [0.25, 0.3) is 0 Å². The zero-order valence-corrected chi connectivity index (χ0v) is 9.97. The quantitative estimate of drug-likeness (QED) is 0.715. The zero-order valence-electron chi connectivity index (χ0n) is 9.97. The van der Waals surface area contributed by atoms with Gasteiger partial charge in [-0.1, -0.05) is 30.3 Å². The van der Waals surface area contributed by atoms with Gasteiger partial charge in [-0.25, -0.2) is 0 Å². The van der Waals surface area contributed by atoms with Crippen molar-refractivity contribution in [2.75, 3.05) is 14.2 Å². The van der Waals surface area contributed by atoms with Crippen LogP contribution < -0.4 is 0 Å². The maximum atomic E-state index is 11.4. The number of esters is 1. The molecule has 1 rings (SSSR count). The van der Waals surface area contributed by atoms with Crippen molar-refractivity contribution in [3.63, 3.8) is 0 Å². The first-order chi connectivity index (χ1) is 7.69. The molecule has 0 aliphatic heterocycles. The minimum absolute atomic E-state index is 0.144. The molecule has 0 aromatic heterocycles. The number of hydrogen-bond acceptors (Lipinski definition) is 3. The van der Waals surface area contributed by atoms with Crippen LogP contribution in [0.25, 0.3) is 0 Å². The van der Waals surface area contributed by atoms with Crippen molar-refractivity contribution in [3.8, 4) is 0 Å². The highest BCUT2D eigenvalue weighted by Crippen LogP contribution is 2.14. The lowest BCUT2D eigenvalue weighted by molar-refractivity contribution is -0.149. The summed E-state index contributed by atoms with van der Waals surface area (Å²) >= 11 is 0. The minimum Gasteiger partial charge on any atom is -0.469 e. The molecular weight excluding hydrogens is 204 g/mol. The van der Waals surface area contributed by atoms with E-state index in [-0.39, 0.29) is 18.0 Å². The van der Waals surface area contributed by atoms with Crippen LogP contribution in [-0.2, 0) is 20.7 Å². The molecule has 0 spiro atoms. The lowest BCUT2D eigenvalue weighted by atomic mass is 9.97. The number of methoxy groups -OCH3 is 2. The topological polar surface area (TPSA) is 35.5 Å². The highest BCUT2D eigenvalue weighted by Gasteiger charge is 2.24. The number of rotatable bonds is 5. The lowest BCUT2D eigenvalue weighted by Gasteiger charge is -2.20. The van der Waals surface area contributed by atoms with Crippen molar-refractivity contribution >= 4 is 5.97 Å². The number of carbonyl (C=O) groups is 1. The van der Waals surface area contributed by atoms with Crippen LogP contribution in [0.5, 0.6) is 0 Å². The van der Waals surface area contributed by atoms with E-state index >= 15 is 0 Å². The fourth-order valence-corrected chi connectivity index (χ4v) is 1.65. The molecule has 3 heteroatoms. The summed E-state index contributed by atoms with van der Waals surface area (Å²) in [7, 11) is 3.01. The number of hydrogen-bond donors (Lipinski definition) is 0. The third-order valence-electron chi connectivity index (χ3n) is 2.71. The molecular formula is C13H18O3. The van der Waals surface area contributed by atoms with Crippen LogP contribution in [0.3, 0.4) is 0 Å². The summed E-state index contributed by atoms with van der Waals surface area (Å²) in [6, 6.07) is 9.97. The second-order valence-electron chi connectivity index (χ2n) is 3.78. The predicted octanol–water partition coefficient (Wildman–Crippen LogP) is 2.05. The van der Waals surface area contributed by atoms with Gasteiger partial charge in [-0.15, -0.1) is 0 Å². The molecule has 0 N–H and O–H groups in total. The highest BCUT2D eigenvalue weighted by molar-refractivity contribution is 5.72. The molecule has 1 aromatic carbocycles. The fraction of sp³-hybridized carbons (Fsp3) is 0.462. The van der Waals surface area contributed by atoms with Gasteiger partial charge in [0.15, 0.2) is 0 Å². The van der Waals surface area contributed by atoms with E-state index in [1.807, 2.05) is 37.3 Å². The standard InChI is InChI=1S/C13H18O3/c1-10(13(14)16-3)12(15-2)9-11-7-5-4-6-8-11/h4-8,10,12H,9H2,1-3H3/t10-,12-/m0/s1. The van der Waals surface area contributed by atoms with Gasteiger partial charge >= 0.3 is 5.97 Å². The molecule has 3 nitrogen and oxygen atoms in total. The third kappa shape index (κ3) is 3.35. The highest BCUT2D eigenvalue weighted by atomic mass is 16.5. The lowest BCUT2D eigenvalue weighted by Crippen LogP contribution is -2.30. The molecule has 0 aliphatic rings. The van der Waals surface area contributed by atoms with Gasteiger partial charge in [-0.05, 0) is 18.9 Å². The number of carbonyl (C=O) groups excluding carboxylic acids is 1. The Balaban J connectivity index is 2.65. The van der Waals surface area contributed by atoms with Crippen LogP contribution in [-0.4, -0.2) is 26.3 Å². The molecule has 0 saturated carbocycles. The Morgan fingerprint density at radius 2 is 1.88 bits per heavy atom. The summed E-state index contributed by atoms with van der Waals surface area (Å²) in [5.74, 6) is -0.488. The summed E-state index contributed by atoms with van der Waals surface area (Å²) in [4.78, 5) is 11.4. The smallest absolute Gasteiger partial charge is 0.311 e. The van der Waals surface area contributed by atoms with Crippen molar-refractivity contribution < 1.29 is 14.3 Å². The molecule has 0 bridgehead atoms. The molecule has 0 saturated heterocycles. The third-order valence-corrected chi connectivity index (χ3v) is 2.71. The maximum absolute atomic E-state index is 11.4. The van der Waals surface area contributed by atoms with Gasteiger partial charge in [0, 0.05) is 7.11 Å². The van der Waals surface area contributed by atoms with Gasteiger partial charge in [-0.2, -0.15) is 0 Å². The first-order valence-corrected chi connectivity index (χ1v) is 5.33. The van der Waals surface area contributed by atoms with Crippen molar-refractivity contribution in [2.24, 2.45) is 5.92 Å². The second-order valence-corrected chi connectivity index (χ2v) is 3.78. The maximum Gasteiger partial charge on any atom is 0.311 e. The van der Waals surface area contributed by atoms with Crippen LogP contribution in [0.15, 0.2) is 30.3 Å². The van der Waals surface area contributed by atoms with Gasteiger partial charge in [0.2, 0.25) is 0 Å². The molecule has 0 amide bonds. The molecule has 88 valence electrons. The summed E-state index contributed by atoms with van der Waals surface area (Å²) in [5, 5.41) is 0. The fourth-order valence-electron chi connectivity index (χ4n) is 1.65. The van der Waals surface area contributed by atoms with E-state index in [2.05, 4.69) is 0 Å². The van der Waals surface area contributed by atoms with Crippen LogP contribution in [0.4, 0.5) is 0 Å². The van der Waals surface area contributed by atoms with Crippen molar-refractivity contribution in [2.45, 2.75) is 19.4 Å². The summed E-state index contributed by atoms with van der Waals surface area (Å²) in [6.07, 6.45) is 0.572. The van der Waals surface area contributed by atoms with Crippen molar-refractivity contribution in [1.82, 2.24) is 0 Å². The molecule has 0 radical (unpaired) electrons. The molecule has 0 fully saturated rings. The molecule has 0 heterocycles. The van der Waals surface area contributed by atoms with Gasteiger partial charge < -0.3 is 9.47 Å². The normalized spacial score (nSPS) is 14.2. The average Bonchev–Trinajstić information content (AvgIpc) is 2.35. The van der Waals surface area contributed by atoms with E-state index in [4.69, 9.17) is 9.47 Å². The minimum atomic E-state index is -0.254. The van der Waals surface area contributed by atoms with Crippen LogP contribution >= 0.6 is 0 Å². The van der Waals surface area contributed by atoms with E-state index in [1.165, 1.54) is 7.11 Å². The van der Waals surface area contributed by atoms with Gasteiger partial charge in [0.05, 0.1) is 19.1 Å². The Bertz CT molecular complexity index is 321. The monoisotopic (exact) mass is 222 g/mol. The van der Waals surface area contributed by atoms with E-state index in [1.54, 1.807) is 7.11 Å². The van der Waals surface area contributed by atoms with E-state index in [0.29, 0.717) is 6.42 Å². The van der Waals surface area contributed by atoms with Gasteiger partial charge in [-0.3, -0.25) is 4.79 Å².